The van der Waals surface area contributed by atoms with Crippen molar-refractivity contribution in [2.75, 3.05) is 31.2 Å². The molecule has 78 valence electrons. The molecule has 1 aliphatic rings. The second-order valence-corrected chi connectivity index (χ2v) is 3.43. The van der Waals surface area contributed by atoms with E-state index in [2.05, 4.69) is 14.9 Å². The second kappa shape index (κ2) is 3.51. The van der Waals surface area contributed by atoms with Gasteiger partial charge in [-0.05, 0) is 0 Å². The molecule has 5 nitrogen and oxygen atoms in total. The van der Waals surface area contributed by atoms with Gasteiger partial charge in [-0.1, -0.05) is 0 Å². The number of morpholine rings is 1. The summed E-state index contributed by atoms with van der Waals surface area (Å²) < 4.78 is 10.7. The number of anilines is 1. The van der Waals surface area contributed by atoms with E-state index in [1.54, 1.807) is 12.6 Å². The van der Waals surface area contributed by atoms with Gasteiger partial charge in [0.2, 0.25) is 0 Å². The van der Waals surface area contributed by atoms with Crippen LogP contribution in [0.4, 0.5) is 5.82 Å². The van der Waals surface area contributed by atoms with Gasteiger partial charge < -0.3 is 14.1 Å². The monoisotopic (exact) mass is 205 g/mol. The molecular formula is C10H11N3O2. The molecule has 0 unspecified atom stereocenters. The molecule has 5 heteroatoms. The third kappa shape index (κ3) is 1.45. The molecule has 0 N–H and O–H groups in total. The zero-order valence-electron chi connectivity index (χ0n) is 8.22. The summed E-state index contributed by atoms with van der Waals surface area (Å²) in [5, 5.41) is 0. The first-order valence-corrected chi connectivity index (χ1v) is 4.96. The van der Waals surface area contributed by atoms with Gasteiger partial charge in [-0.25, -0.2) is 9.97 Å². The van der Waals surface area contributed by atoms with Crippen molar-refractivity contribution in [3.05, 3.63) is 18.7 Å². The highest BCUT2D eigenvalue weighted by molar-refractivity contribution is 5.83. The molecule has 15 heavy (non-hydrogen) atoms. The minimum Gasteiger partial charge on any atom is -0.459 e. The fraction of sp³-hybridized carbons (Fsp3) is 0.400. The van der Waals surface area contributed by atoms with Crippen LogP contribution in [0.3, 0.4) is 0 Å². The lowest BCUT2D eigenvalue weighted by Crippen LogP contribution is -2.36. The van der Waals surface area contributed by atoms with Crippen LogP contribution in [0.2, 0.25) is 0 Å². The van der Waals surface area contributed by atoms with E-state index >= 15 is 0 Å². The van der Waals surface area contributed by atoms with E-state index in [-0.39, 0.29) is 0 Å². The first-order chi connectivity index (χ1) is 7.45. The third-order valence-corrected chi connectivity index (χ3v) is 2.53. The van der Waals surface area contributed by atoms with Gasteiger partial charge >= 0.3 is 0 Å². The topological polar surface area (TPSA) is 51.4 Å². The molecular weight excluding hydrogens is 194 g/mol. The van der Waals surface area contributed by atoms with Crippen LogP contribution in [-0.4, -0.2) is 36.3 Å². The number of ether oxygens (including phenoxy) is 1. The highest BCUT2D eigenvalue weighted by atomic mass is 16.5. The molecule has 0 radical (unpaired) electrons. The zero-order valence-corrected chi connectivity index (χ0v) is 8.22. The second-order valence-electron chi connectivity index (χ2n) is 3.43. The van der Waals surface area contributed by atoms with Crippen molar-refractivity contribution in [2.45, 2.75) is 0 Å². The largest absolute Gasteiger partial charge is 0.459 e. The molecule has 1 fully saturated rings. The van der Waals surface area contributed by atoms with Gasteiger partial charge in [0, 0.05) is 19.2 Å². The summed E-state index contributed by atoms with van der Waals surface area (Å²) in [6, 6.07) is 1.85. The quantitative estimate of drug-likeness (QED) is 0.696. The van der Waals surface area contributed by atoms with Crippen molar-refractivity contribution in [1.29, 1.82) is 0 Å². The van der Waals surface area contributed by atoms with E-state index < -0.39 is 0 Å². The lowest BCUT2D eigenvalue weighted by molar-refractivity contribution is 0.122. The van der Waals surface area contributed by atoms with Gasteiger partial charge in [-0.2, -0.15) is 0 Å². The molecule has 3 heterocycles. The SMILES string of the molecule is c1nc(N2CCOCC2)c2occc2n1. The average Bonchev–Trinajstić information content (AvgIpc) is 2.78. The number of hydrogen-bond donors (Lipinski definition) is 0. The first-order valence-electron chi connectivity index (χ1n) is 4.96. The maximum absolute atomic E-state index is 5.39. The van der Waals surface area contributed by atoms with Crippen molar-refractivity contribution in [1.82, 2.24) is 9.97 Å². The molecule has 0 atom stereocenters. The first kappa shape index (κ1) is 8.67. The van der Waals surface area contributed by atoms with Gasteiger partial charge in [0.1, 0.15) is 11.8 Å². The van der Waals surface area contributed by atoms with Crippen LogP contribution >= 0.6 is 0 Å². The Labute approximate surface area is 86.7 Å². The summed E-state index contributed by atoms with van der Waals surface area (Å²) >= 11 is 0. The summed E-state index contributed by atoms with van der Waals surface area (Å²) in [5.74, 6) is 0.869. The Hall–Kier alpha value is -1.62. The van der Waals surface area contributed by atoms with Gasteiger partial charge in [-0.3, -0.25) is 0 Å². The summed E-state index contributed by atoms with van der Waals surface area (Å²) in [5.41, 5.74) is 1.62. The van der Waals surface area contributed by atoms with E-state index in [9.17, 15) is 0 Å². The Balaban J connectivity index is 2.05. The average molecular weight is 205 g/mol. The van der Waals surface area contributed by atoms with E-state index in [1.807, 2.05) is 6.07 Å². The maximum Gasteiger partial charge on any atom is 0.194 e. The molecule has 0 saturated carbocycles. The number of fused-ring (bicyclic) bond motifs is 1. The minimum atomic E-state index is 0.742. The lowest BCUT2D eigenvalue weighted by Gasteiger charge is -2.27. The molecule has 0 bridgehead atoms. The molecule has 0 aromatic carbocycles. The van der Waals surface area contributed by atoms with Crippen LogP contribution in [0.25, 0.3) is 11.1 Å². The Morgan fingerprint density at radius 3 is 2.93 bits per heavy atom. The summed E-state index contributed by atoms with van der Waals surface area (Å²) in [4.78, 5) is 10.6. The summed E-state index contributed by atoms with van der Waals surface area (Å²) in [6.07, 6.45) is 3.21. The van der Waals surface area contributed by atoms with E-state index in [0.717, 1.165) is 43.2 Å². The Morgan fingerprint density at radius 1 is 1.20 bits per heavy atom. The molecule has 2 aromatic heterocycles. The normalized spacial score (nSPS) is 17.2. The standard InChI is InChI=1S/C10H11N3O2/c1-4-15-9-8(1)11-7-12-10(9)13-2-5-14-6-3-13/h1,4,7H,2-3,5-6H2. The predicted octanol–water partition coefficient (Wildman–Crippen LogP) is 1.06. The van der Waals surface area contributed by atoms with Crippen molar-refractivity contribution in [3.8, 4) is 0 Å². The molecule has 0 spiro atoms. The van der Waals surface area contributed by atoms with Crippen LogP contribution in [0.15, 0.2) is 23.1 Å². The molecule has 0 aliphatic carbocycles. The fourth-order valence-electron chi connectivity index (χ4n) is 1.78. The van der Waals surface area contributed by atoms with Gasteiger partial charge in [0.15, 0.2) is 11.4 Å². The van der Waals surface area contributed by atoms with Gasteiger partial charge in [0.25, 0.3) is 0 Å². The molecule has 3 rings (SSSR count). The number of aromatic nitrogens is 2. The minimum absolute atomic E-state index is 0.742. The van der Waals surface area contributed by atoms with Crippen molar-refractivity contribution >= 4 is 16.9 Å². The van der Waals surface area contributed by atoms with E-state index in [0.29, 0.717) is 0 Å². The number of hydrogen-bond acceptors (Lipinski definition) is 5. The highest BCUT2D eigenvalue weighted by Gasteiger charge is 2.16. The maximum atomic E-state index is 5.39. The summed E-state index contributed by atoms with van der Waals surface area (Å²) in [6.45, 7) is 3.19. The number of furan rings is 1. The van der Waals surface area contributed by atoms with E-state index in [4.69, 9.17) is 9.15 Å². The third-order valence-electron chi connectivity index (χ3n) is 2.53. The van der Waals surface area contributed by atoms with Crippen LogP contribution in [-0.2, 0) is 4.74 Å². The number of rotatable bonds is 1. The molecule has 1 aliphatic heterocycles. The van der Waals surface area contributed by atoms with Crippen molar-refractivity contribution < 1.29 is 9.15 Å². The molecule has 1 saturated heterocycles. The van der Waals surface area contributed by atoms with Crippen molar-refractivity contribution in [3.63, 3.8) is 0 Å². The van der Waals surface area contributed by atoms with Crippen LogP contribution in [0.5, 0.6) is 0 Å². The Bertz CT molecular complexity index is 462. The predicted molar refractivity (Wildman–Crippen MR) is 54.8 cm³/mol. The Morgan fingerprint density at radius 2 is 2.07 bits per heavy atom. The number of nitrogens with zero attached hydrogens (tertiary/aromatic N) is 3. The van der Waals surface area contributed by atoms with Gasteiger partial charge in [0.05, 0.1) is 19.5 Å². The molecule has 0 amide bonds. The smallest absolute Gasteiger partial charge is 0.194 e. The van der Waals surface area contributed by atoms with Crippen LogP contribution < -0.4 is 4.90 Å². The lowest BCUT2D eigenvalue weighted by atomic mass is 10.3. The fourth-order valence-corrected chi connectivity index (χ4v) is 1.78. The highest BCUT2D eigenvalue weighted by Crippen LogP contribution is 2.23. The molecule has 2 aromatic rings. The van der Waals surface area contributed by atoms with Crippen LogP contribution in [0, 0.1) is 0 Å². The van der Waals surface area contributed by atoms with E-state index in [1.165, 1.54) is 0 Å². The zero-order chi connectivity index (χ0) is 10.1. The van der Waals surface area contributed by atoms with Crippen molar-refractivity contribution in [2.24, 2.45) is 0 Å². The van der Waals surface area contributed by atoms with Gasteiger partial charge in [-0.15, -0.1) is 0 Å². The summed E-state index contributed by atoms with van der Waals surface area (Å²) in [7, 11) is 0. The Kier molecular flexibility index (Phi) is 2.03. The van der Waals surface area contributed by atoms with Crippen LogP contribution in [0.1, 0.15) is 0 Å².